The van der Waals surface area contributed by atoms with Gasteiger partial charge in [-0.15, -0.1) is 0 Å². The lowest BCUT2D eigenvalue weighted by molar-refractivity contribution is -0.143. The topological polar surface area (TPSA) is 55.4 Å². The standard InChI is InChI=1S/C26H21ClF3NO3/c1-34-25(33)23-20(15-7-11-18(12-8-15)26(28,29)30)21(24(32)17-5-3-2-4-6-17)22(31-23)16-9-13-19(27)14-10-16/h2-14,20-23,31H,1H3/t20-,21-,22-,23-/m0/s1. The Balaban J connectivity index is 1.85. The van der Waals surface area contributed by atoms with Crippen molar-refractivity contribution in [3.8, 4) is 0 Å². The Hall–Kier alpha value is -3.16. The number of Topliss-reactive ketones (excluding diaryl/α,β-unsaturated/α-hetero) is 1. The van der Waals surface area contributed by atoms with Crippen LogP contribution in [0.25, 0.3) is 0 Å². The number of esters is 1. The lowest BCUT2D eigenvalue weighted by Gasteiger charge is -2.25. The van der Waals surface area contributed by atoms with Crippen LogP contribution in [-0.2, 0) is 15.7 Å². The van der Waals surface area contributed by atoms with Gasteiger partial charge in [-0.1, -0.05) is 66.2 Å². The van der Waals surface area contributed by atoms with E-state index in [2.05, 4.69) is 5.32 Å². The summed E-state index contributed by atoms with van der Waals surface area (Å²) in [6, 6.07) is 18.5. The van der Waals surface area contributed by atoms with Crippen molar-refractivity contribution in [3.05, 3.63) is 106 Å². The van der Waals surface area contributed by atoms with Crippen LogP contribution in [0.15, 0.2) is 78.9 Å². The number of halogens is 4. The largest absolute Gasteiger partial charge is 0.468 e. The highest BCUT2D eigenvalue weighted by atomic mass is 35.5. The van der Waals surface area contributed by atoms with E-state index in [1.807, 2.05) is 0 Å². The van der Waals surface area contributed by atoms with Gasteiger partial charge in [0.05, 0.1) is 18.6 Å². The minimum absolute atomic E-state index is 0.232. The third-order valence-corrected chi connectivity index (χ3v) is 6.38. The number of methoxy groups -OCH3 is 1. The molecule has 3 aromatic carbocycles. The molecule has 176 valence electrons. The smallest absolute Gasteiger partial charge is 0.416 e. The summed E-state index contributed by atoms with van der Waals surface area (Å²) in [4.78, 5) is 26.5. The summed E-state index contributed by atoms with van der Waals surface area (Å²) < 4.78 is 44.4. The Morgan fingerprint density at radius 2 is 1.47 bits per heavy atom. The summed E-state index contributed by atoms with van der Waals surface area (Å²) in [5.41, 5.74) is 0.788. The van der Waals surface area contributed by atoms with Crippen LogP contribution in [0.2, 0.25) is 5.02 Å². The molecule has 0 saturated carbocycles. The van der Waals surface area contributed by atoms with Gasteiger partial charge >= 0.3 is 12.1 Å². The second-order valence-electron chi connectivity index (χ2n) is 8.10. The maximum absolute atomic E-state index is 13.8. The monoisotopic (exact) mass is 487 g/mol. The molecule has 34 heavy (non-hydrogen) atoms. The third kappa shape index (κ3) is 4.72. The van der Waals surface area contributed by atoms with Gasteiger partial charge in [0.2, 0.25) is 0 Å². The molecular weight excluding hydrogens is 467 g/mol. The number of nitrogens with one attached hydrogen (secondary N) is 1. The molecule has 0 spiro atoms. The van der Waals surface area contributed by atoms with E-state index >= 15 is 0 Å². The van der Waals surface area contributed by atoms with Crippen molar-refractivity contribution < 1.29 is 27.5 Å². The Kier molecular flexibility index (Phi) is 6.77. The van der Waals surface area contributed by atoms with Gasteiger partial charge in [0.15, 0.2) is 5.78 Å². The fraction of sp³-hybridized carbons (Fsp3) is 0.231. The number of benzene rings is 3. The zero-order valence-electron chi connectivity index (χ0n) is 18.1. The molecule has 8 heteroatoms. The predicted molar refractivity (Wildman–Crippen MR) is 122 cm³/mol. The molecule has 0 radical (unpaired) electrons. The van der Waals surface area contributed by atoms with Crippen LogP contribution in [0.3, 0.4) is 0 Å². The Bertz CT molecular complexity index is 1160. The van der Waals surface area contributed by atoms with Gasteiger partial charge in [0, 0.05) is 22.5 Å². The average Bonchev–Trinajstić information content (AvgIpc) is 3.24. The molecule has 1 N–H and O–H groups in total. The fourth-order valence-corrected chi connectivity index (χ4v) is 4.66. The summed E-state index contributed by atoms with van der Waals surface area (Å²) in [7, 11) is 1.23. The molecule has 0 bridgehead atoms. The molecular formula is C26H21ClF3NO3. The van der Waals surface area contributed by atoms with Gasteiger partial charge in [-0.2, -0.15) is 13.2 Å². The molecule has 1 saturated heterocycles. The lowest BCUT2D eigenvalue weighted by Crippen LogP contribution is -2.36. The minimum Gasteiger partial charge on any atom is -0.468 e. The number of carbonyl (C=O) groups is 2. The quantitative estimate of drug-likeness (QED) is 0.363. The third-order valence-electron chi connectivity index (χ3n) is 6.13. The van der Waals surface area contributed by atoms with Crippen LogP contribution in [-0.4, -0.2) is 24.9 Å². The Morgan fingerprint density at radius 1 is 0.882 bits per heavy atom. The SMILES string of the molecule is COC(=O)[C@H]1N[C@@H](c2ccc(Cl)cc2)[C@@H](C(=O)c2ccccc2)[C@@H]1c1ccc(C(F)(F)F)cc1. The molecule has 0 amide bonds. The second kappa shape index (κ2) is 9.60. The lowest BCUT2D eigenvalue weighted by atomic mass is 9.76. The van der Waals surface area contributed by atoms with Gasteiger partial charge in [-0.3, -0.25) is 14.9 Å². The first kappa shape index (κ1) is 24.0. The van der Waals surface area contributed by atoms with Crippen molar-refractivity contribution in [2.45, 2.75) is 24.2 Å². The van der Waals surface area contributed by atoms with Gasteiger partial charge in [-0.25, -0.2) is 0 Å². The van der Waals surface area contributed by atoms with E-state index in [1.54, 1.807) is 54.6 Å². The van der Waals surface area contributed by atoms with Crippen LogP contribution in [0, 0.1) is 5.92 Å². The van der Waals surface area contributed by atoms with E-state index in [4.69, 9.17) is 16.3 Å². The summed E-state index contributed by atoms with van der Waals surface area (Å²) in [6.07, 6.45) is -4.50. The Morgan fingerprint density at radius 3 is 2.03 bits per heavy atom. The van der Waals surface area contributed by atoms with Gasteiger partial charge < -0.3 is 4.74 Å². The first-order valence-electron chi connectivity index (χ1n) is 10.6. The van der Waals surface area contributed by atoms with Crippen LogP contribution in [0.1, 0.15) is 39.0 Å². The number of alkyl halides is 3. The molecule has 3 aromatic rings. The molecule has 4 atom stereocenters. The molecule has 1 heterocycles. The van der Waals surface area contributed by atoms with E-state index < -0.39 is 41.6 Å². The molecule has 4 rings (SSSR count). The highest BCUT2D eigenvalue weighted by Gasteiger charge is 2.51. The van der Waals surface area contributed by atoms with Crippen molar-refractivity contribution in [1.82, 2.24) is 5.32 Å². The summed E-state index contributed by atoms with van der Waals surface area (Å²) in [6.45, 7) is 0. The van der Waals surface area contributed by atoms with Crippen molar-refractivity contribution in [2.75, 3.05) is 7.11 Å². The van der Waals surface area contributed by atoms with E-state index in [0.717, 1.165) is 17.7 Å². The zero-order chi connectivity index (χ0) is 24.5. The number of hydrogen-bond acceptors (Lipinski definition) is 4. The summed E-state index contributed by atoms with van der Waals surface area (Å²) in [5.74, 6) is -2.39. The van der Waals surface area contributed by atoms with E-state index in [1.165, 1.54) is 19.2 Å². The molecule has 0 aliphatic carbocycles. The van der Waals surface area contributed by atoms with E-state index in [0.29, 0.717) is 16.1 Å². The van der Waals surface area contributed by atoms with Crippen molar-refractivity contribution >= 4 is 23.4 Å². The maximum atomic E-state index is 13.8. The summed E-state index contributed by atoms with van der Waals surface area (Å²) >= 11 is 6.04. The van der Waals surface area contributed by atoms with E-state index in [9.17, 15) is 22.8 Å². The highest BCUT2D eigenvalue weighted by molar-refractivity contribution is 6.30. The van der Waals surface area contributed by atoms with Crippen LogP contribution in [0.5, 0.6) is 0 Å². The van der Waals surface area contributed by atoms with E-state index in [-0.39, 0.29) is 5.78 Å². The molecule has 1 aliphatic rings. The number of carbonyl (C=O) groups excluding carboxylic acids is 2. The molecule has 1 fully saturated rings. The Labute approximate surface area is 199 Å². The molecule has 4 nitrogen and oxygen atoms in total. The first-order chi connectivity index (χ1) is 16.2. The highest BCUT2D eigenvalue weighted by Crippen LogP contribution is 2.46. The molecule has 0 aromatic heterocycles. The van der Waals surface area contributed by atoms with Crippen LogP contribution < -0.4 is 5.32 Å². The minimum atomic E-state index is -4.50. The van der Waals surface area contributed by atoms with Crippen LogP contribution in [0.4, 0.5) is 13.2 Å². The molecule has 1 aliphatic heterocycles. The second-order valence-corrected chi connectivity index (χ2v) is 8.53. The number of ketones is 1. The maximum Gasteiger partial charge on any atom is 0.416 e. The predicted octanol–water partition coefficient (Wildman–Crippen LogP) is 5.83. The number of ether oxygens (including phenoxy) is 1. The van der Waals surface area contributed by atoms with Crippen LogP contribution >= 0.6 is 11.6 Å². The molecule has 0 unspecified atom stereocenters. The van der Waals surface area contributed by atoms with Gasteiger partial charge in [0.25, 0.3) is 0 Å². The number of rotatable bonds is 5. The van der Waals surface area contributed by atoms with Crippen molar-refractivity contribution in [3.63, 3.8) is 0 Å². The average molecular weight is 488 g/mol. The van der Waals surface area contributed by atoms with Gasteiger partial charge in [0.1, 0.15) is 6.04 Å². The van der Waals surface area contributed by atoms with Gasteiger partial charge in [-0.05, 0) is 35.4 Å². The fourth-order valence-electron chi connectivity index (χ4n) is 4.53. The normalized spacial score (nSPS) is 22.4. The van der Waals surface area contributed by atoms with Crippen molar-refractivity contribution in [1.29, 1.82) is 0 Å². The first-order valence-corrected chi connectivity index (χ1v) is 10.9. The number of hydrogen-bond donors (Lipinski definition) is 1. The summed E-state index contributed by atoms with van der Waals surface area (Å²) in [5, 5.41) is 3.72. The van der Waals surface area contributed by atoms with Crippen molar-refractivity contribution in [2.24, 2.45) is 5.92 Å². The zero-order valence-corrected chi connectivity index (χ0v) is 18.8.